The molecule has 0 saturated carbocycles. The number of cyclic esters (lactones) is 2. The standard InChI is InChI=1S/C13H6O5/c14-12-7-3-1-2-6-9-5-16-18-10(9)4-8(11(6)7)13(15)17-12/h1-4H,5H2. The maximum absolute atomic E-state index is 11.7. The molecule has 18 heavy (non-hydrogen) atoms. The van der Waals surface area contributed by atoms with Crippen molar-refractivity contribution >= 4 is 22.7 Å². The fourth-order valence-electron chi connectivity index (χ4n) is 2.42. The van der Waals surface area contributed by atoms with Gasteiger partial charge in [0.05, 0.1) is 11.1 Å². The molecule has 5 heteroatoms. The van der Waals surface area contributed by atoms with Gasteiger partial charge in [0.1, 0.15) is 6.61 Å². The molecule has 0 amide bonds. The summed E-state index contributed by atoms with van der Waals surface area (Å²) in [4.78, 5) is 33.3. The van der Waals surface area contributed by atoms with Crippen molar-refractivity contribution in [1.82, 2.24) is 0 Å². The third-order valence-corrected chi connectivity index (χ3v) is 3.21. The van der Waals surface area contributed by atoms with E-state index in [0.717, 1.165) is 10.9 Å². The van der Waals surface area contributed by atoms with Gasteiger partial charge < -0.3 is 9.62 Å². The molecule has 2 aliphatic rings. The van der Waals surface area contributed by atoms with Gasteiger partial charge in [-0.1, -0.05) is 12.1 Å². The molecule has 0 unspecified atom stereocenters. The Kier molecular flexibility index (Phi) is 1.65. The second-order valence-corrected chi connectivity index (χ2v) is 4.15. The monoisotopic (exact) mass is 242 g/mol. The molecule has 0 fully saturated rings. The highest BCUT2D eigenvalue weighted by atomic mass is 17.2. The van der Waals surface area contributed by atoms with E-state index in [4.69, 9.17) is 9.78 Å². The topological polar surface area (TPSA) is 61.8 Å². The Hall–Kier alpha value is -2.40. The van der Waals surface area contributed by atoms with Crippen LogP contribution in [-0.4, -0.2) is 11.9 Å². The Morgan fingerprint density at radius 3 is 2.78 bits per heavy atom. The molecule has 2 aromatic rings. The Morgan fingerprint density at radius 2 is 1.89 bits per heavy atom. The van der Waals surface area contributed by atoms with Crippen LogP contribution in [0.1, 0.15) is 26.3 Å². The fourth-order valence-corrected chi connectivity index (χ4v) is 2.42. The summed E-state index contributed by atoms with van der Waals surface area (Å²) in [5.41, 5.74) is 1.58. The molecule has 0 spiro atoms. The number of rotatable bonds is 0. The summed E-state index contributed by atoms with van der Waals surface area (Å²) in [7, 11) is 0. The second kappa shape index (κ2) is 3.08. The van der Waals surface area contributed by atoms with Gasteiger partial charge in [-0.25, -0.2) is 9.59 Å². The van der Waals surface area contributed by atoms with Crippen molar-refractivity contribution < 1.29 is 24.1 Å². The number of fused-ring (bicyclic) bond motifs is 2. The molecule has 2 heterocycles. The fraction of sp³-hybridized carbons (Fsp3) is 0.0769. The van der Waals surface area contributed by atoms with Crippen LogP contribution in [0.25, 0.3) is 10.8 Å². The highest BCUT2D eigenvalue weighted by Crippen LogP contribution is 2.39. The van der Waals surface area contributed by atoms with Crippen molar-refractivity contribution in [2.24, 2.45) is 0 Å². The van der Waals surface area contributed by atoms with Gasteiger partial charge in [-0.3, -0.25) is 0 Å². The van der Waals surface area contributed by atoms with E-state index in [2.05, 4.69) is 4.74 Å². The summed E-state index contributed by atoms with van der Waals surface area (Å²) in [5, 5.41) is 1.41. The molecule has 2 aliphatic heterocycles. The molecule has 0 atom stereocenters. The number of ether oxygens (including phenoxy) is 1. The molecule has 0 N–H and O–H groups in total. The zero-order chi connectivity index (χ0) is 12.3. The first kappa shape index (κ1) is 9.61. The number of carbonyl (C=O) groups excluding carboxylic acids is 2. The Balaban J connectivity index is 2.24. The predicted octanol–water partition coefficient (Wildman–Crippen LogP) is 1.97. The summed E-state index contributed by atoms with van der Waals surface area (Å²) in [6.45, 7) is 0.304. The Labute approximate surface area is 101 Å². The smallest absolute Gasteiger partial charge is 0.346 e. The van der Waals surface area contributed by atoms with E-state index in [9.17, 15) is 9.59 Å². The largest absolute Gasteiger partial charge is 0.386 e. The zero-order valence-corrected chi connectivity index (χ0v) is 9.06. The van der Waals surface area contributed by atoms with Gasteiger partial charge in [0.2, 0.25) is 0 Å². The third-order valence-electron chi connectivity index (χ3n) is 3.21. The molecule has 0 aliphatic carbocycles. The van der Waals surface area contributed by atoms with E-state index >= 15 is 0 Å². The molecular weight excluding hydrogens is 236 g/mol. The van der Waals surface area contributed by atoms with Gasteiger partial charge in [0.25, 0.3) is 0 Å². The van der Waals surface area contributed by atoms with Crippen molar-refractivity contribution in [3.05, 3.63) is 41.0 Å². The van der Waals surface area contributed by atoms with Gasteiger partial charge in [-0.15, -0.1) is 0 Å². The lowest BCUT2D eigenvalue weighted by molar-refractivity contribution is -0.194. The first-order chi connectivity index (χ1) is 8.75. The molecule has 0 bridgehead atoms. The maximum atomic E-state index is 11.7. The number of esters is 2. The van der Waals surface area contributed by atoms with Crippen LogP contribution in [0.4, 0.5) is 0 Å². The lowest BCUT2D eigenvalue weighted by Crippen LogP contribution is -2.19. The van der Waals surface area contributed by atoms with Gasteiger partial charge >= 0.3 is 11.9 Å². The molecule has 5 nitrogen and oxygen atoms in total. The molecular formula is C13H6O5. The lowest BCUT2D eigenvalue weighted by Gasteiger charge is -2.16. The second-order valence-electron chi connectivity index (χ2n) is 4.15. The summed E-state index contributed by atoms with van der Waals surface area (Å²) in [6, 6.07) is 6.79. The first-order valence-corrected chi connectivity index (χ1v) is 5.40. The number of benzene rings is 2. The molecule has 2 aromatic carbocycles. The SMILES string of the molecule is O=C1OC(=O)c2cc3c(c4cccc1c24)COO3. The number of carbonyl (C=O) groups is 2. The third kappa shape index (κ3) is 1.04. The summed E-state index contributed by atoms with van der Waals surface area (Å²) in [5.74, 6) is -0.763. The minimum atomic E-state index is -0.651. The van der Waals surface area contributed by atoms with E-state index in [1.165, 1.54) is 0 Å². The normalized spacial score (nSPS) is 16.4. The highest BCUT2D eigenvalue weighted by Gasteiger charge is 2.31. The Morgan fingerprint density at radius 1 is 1.06 bits per heavy atom. The van der Waals surface area contributed by atoms with Crippen LogP contribution in [0.5, 0.6) is 5.75 Å². The maximum Gasteiger partial charge on any atom is 0.346 e. The quantitative estimate of drug-likeness (QED) is 0.401. The van der Waals surface area contributed by atoms with Gasteiger partial charge in [0, 0.05) is 10.9 Å². The summed E-state index contributed by atoms with van der Waals surface area (Å²) in [6.07, 6.45) is 0. The average Bonchev–Trinajstić information content (AvgIpc) is 2.83. The first-order valence-electron chi connectivity index (χ1n) is 5.40. The molecule has 88 valence electrons. The van der Waals surface area contributed by atoms with Crippen LogP contribution < -0.4 is 4.89 Å². The lowest BCUT2D eigenvalue weighted by atomic mass is 9.93. The highest BCUT2D eigenvalue weighted by molar-refractivity contribution is 6.21. The van der Waals surface area contributed by atoms with Crippen molar-refractivity contribution in [3.8, 4) is 5.75 Å². The van der Waals surface area contributed by atoms with E-state index < -0.39 is 11.9 Å². The van der Waals surface area contributed by atoms with Crippen molar-refractivity contribution in [2.75, 3.05) is 0 Å². The van der Waals surface area contributed by atoms with Crippen molar-refractivity contribution in [3.63, 3.8) is 0 Å². The minimum Gasteiger partial charge on any atom is -0.386 e. The molecule has 0 radical (unpaired) electrons. The van der Waals surface area contributed by atoms with Gasteiger partial charge in [0.15, 0.2) is 5.75 Å². The van der Waals surface area contributed by atoms with E-state index in [-0.39, 0.29) is 0 Å². The minimum absolute atomic E-state index is 0.304. The molecule has 0 saturated heterocycles. The predicted molar refractivity (Wildman–Crippen MR) is 59.1 cm³/mol. The van der Waals surface area contributed by atoms with Crippen molar-refractivity contribution in [2.45, 2.75) is 6.61 Å². The zero-order valence-electron chi connectivity index (χ0n) is 9.06. The average molecular weight is 242 g/mol. The van der Waals surface area contributed by atoms with E-state index in [1.807, 2.05) is 6.07 Å². The van der Waals surface area contributed by atoms with Crippen LogP contribution >= 0.6 is 0 Å². The van der Waals surface area contributed by atoms with Crippen LogP contribution in [0, 0.1) is 0 Å². The molecule has 0 aromatic heterocycles. The van der Waals surface area contributed by atoms with Crippen LogP contribution in [0.3, 0.4) is 0 Å². The van der Waals surface area contributed by atoms with Crippen LogP contribution in [0.15, 0.2) is 24.3 Å². The van der Waals surface area contributed by atoms with Crippen LogP contribution in [0.2, 0.25) is 0 Å². The Bertz CT molecular complexity index is 732. The van der Waals surface area contributed by atoms with Crippen molar-refractivity contribution in [1.29, 1.82) is 0 Å². The van der Waals surface area contributed by atoms with E-state index in [0.29, 0.717) is 28.9 Å². The summed E-state index contributed by atoms with van der Waals surface area (Å²) >= 11 is 0. The van der Waals surface area contributed by atoms with Gasteiger partial charge in [-0.2, -0.15) is 4.89 Å². The number of hydrogen-bond acceptors (Lipinski definition) is 5. The van der Waals surface area contributed by atoms with Crippen LogP contribution in [-0.2, 0) is 16.2 Å². The molecule has 4 rings (SSSR count). The van der Waals surface area contributed by atoms with E-state index in [1.54, 1.807) is 18.2 Å². The summed E-state index contributed by atoms with van der Waals surface area (Å²) < 4.78 is 4.69. The van der Waals surface area contributed by atoms with Gasteiger partial charge in [-0.05, 0) is 17.5 Å². The number of hydrogen-bond donors (Lipinski definition) is 0.